The minimum Gasteiger partial charge on any atom is -0.497 e. The lowest BCUT2D eigenvalue weighted by Gasteiger charge is -2.61. The van der Waals surface area contributed by atoms with E-state index in [-0.39, 0.29) is 17.5 Å². The van der Waals surface area contributed by atoms with Gasteiger partial charge in [0.15, 0.2) is 0 Å². The first-order valence-electron chi connectivity index (χ1n) is 13.8. The summed E-state index contributed by atoms with van der Waals surface area (Å²) >= 11 is 0. The van der Waals surface area contributed by atoms with Gasteiger partial charge in [-0.1, -0.05) is 48.5 Å². The fourth-order valence-corrected chi connectivity index (χ4v) is 8.90. The zero-order valence-corrected chi connectivity index (χ0v) is 21.2. The Kier molecular flexibility index (Phi) is 4.51. The summed E-state index contributed by atoms with van der Waals surface area (Å²) in [5, 5.41) is 1.20. The van der Waals surface area contributed by atoms with E-state index < -0.39 is 0 Å². The van der Waals surface area contributed by atoms with Crippen LogP contribution in [0.5, 0.6) is 5.75 Å². The van der Waals surface area contributed by atoms with Crippen molar-refractivity contribution in [2.24, 2.45) is 17.8 Å². The Balaban J connectivity index is 1.39. The van der Waals surface area contributed by atoms with Gasteiger partial charge < -0.3 is 14.6 Å². The van der Waals surface area contributed by atoms with Crippen LogP contribution in [-0.4, -0.2) is 28.4 Å². The predicted molar refractivity (Wildman–Crippen MR) is 146 cm³/mol. The van der Waals surface area contributed by atoms with E-state index in [4.69, 9.17) is 4.74 Å². The average Bonchev–Trinajstić information content (AvgIpc) is 3.43. The number of para-hydroxylation sites is 1. The van der Waals surface area contributed by atoms with Crippen molar-refractivity contribution in [3.63, 3.8) is 0 Å². The highest BCUT2D eigenvalue weighted by Gasteiger charge is 2.58. The van der Waals surface area contributed by atoms with Crippen molar-refractivity contribution in [1.82, 2.24) is 9.88 Å². The van der Waals surface area contributed by atoms with E-state index in [0.717, 1.165) is 70.7 Å². The fourth-order valence-electron chi connectivity index (χ4n) is 8.90. The van der Waals surface area contributed by atoms with Crippen LogP contribution in [0.4, 0.5) is 0 Å². The van der Waals surface area contributed by atoms with Crippen LogP contribution >= 0.6 is 0 Å². The summed E-state index contributed by atoms with van der Waals surface area (Å²) in [6, 6.07) is 25.1. The Labute approximate surface area is 217 Å². The van der Waals surface area contributed by atoms with Crippen LogP contribution in [-0.2, 0) is 0 Å². The van der Waals surface area contributed by atoms with Gasteiger partial charge in [0.1, 0.15) is 5.75 Å². The number of hydrogen-bond acceptors (Lipinski definition) is 2. The lowest BCUT2D eigenvalue weighted by Crippen LogP contribution is -2.61. The summed E-state index contributed by atoms with van der Waals surface area (Å²) in [6.45, 7) is 0. The Bertz CT molecular complexity index is 1510. The van der Waals surface area contributed by atoms with E-state index >= 15 is 0 Å². The van der Waals surface area contributed by atoms with Crippen LogP contribution in [0.15, 0.2) is 72.8 Å². The number of rotatable bonds is 4. The van der Waals surface area contributed by atoms with Gasteiger partial charge in [0.05, 0.1) is 18.8 Å². The van der Waals surface area contributed by atoms with Gasteiger partial charge in [-0.05, 0) is 86.1 Å². The number of carbonyl (C=O) groups excluding carboxylic acids is 1. The van der Waals surface area contributed by atoms with E-state index in [1.807, 2.05) is 24.3 Å². The third-order valence-electron chi connectivity index (χ3n) is 9.86. The van der Waals surface area contributed by atoms with Crippen LogP contribution in [0.25, 0.3) is 22.2 Å². The van der Waals surface area contributed by atoms with Gasteiger partial charge in [0, 0.05) is 33.1 Å². The van der Waals surface area contributed by atoms with Gasteiger partial charge in [-0.2, -0.15) is 0 Å². The predicted octanol–water partition coefficient (Wildman–Crippen LogP) is 7.36. The molecule has 1 amide bonds. The minimum absolute atomic E-state index is 0.0421. The summed E-state index contributed by atoms with van der Waals surface area (Å²) in [7, 11) is 1.71. The van der Waals surface area contributed by atoms with E-state index in [1.165, 1.54) is 30.2 Å². The minimum atomic E-state index is -0.0997. The number of nitrogens with zero attached hydrogens (tertiary/aromatic N) is 1. The first kappa shape index (κ1) is 21.5. The van der Waals surface area contributed by atoms with Crippen molar-refractivity contribution >= 4 is 16.8 Å². The molecule has 4 fully saturated rings. The van der Waals surface area contributed by atoms with Gasteiger partial charge in [0.25, 0.3) is 5.91 Å². The smallest absolute Gasteiger partial charge is 0.255 e. The maximum absolute atomic E-state index is 14.4. The lowest BCUT2D eigenvalue weighted by atomic mass is 9.52. The molecule has 4 aliphatic carbocycles. The molecule has 1 aromatic heterocycles. The van der Waals surface area contributed by atoms with E-state index in [2.05, 4.69) is 58.4 Å². The molecule has 1 N–H and O–H groups in total. The van der Waals surface area contributed by atoms with Gasteiger partial charge in [0.2, 0.25) is 0 Å². The van der Waals surface area contributed by atoms with Gasteiger partial charge in [-0.3, -0.25) is 4.79 Å². The SMILES string of the molecule is COc1cccc(-c2[nH]c3ccccc3c2C2c3ccccc3C(=O)N2C23CC4CC(CC(C4)C2)C3)c1. The second-order valence-electron chi connectivity index (χ2n) is 12.0. The van der Waals surface area contributed by atoms with Crippen LogP contribution in [0.1, 0.15) is 66.1 Å². The number of methoxy groups -OCH3 is 1. The molecule has 0 spiro atoms. The zero-order valence-electron chi connectivity index (χ0n) is 21.2. The molecular formula is C33H32N2O2. The molecule has 0 saturated heterocycles. The Morgan fingerprint density at radius 2 is 1.57 bits per heavy atom. The summed E-state index contributed by atoms with van der Waals surface area (Å²) < 4.78 is 5.60. The molecule has 4 heteroatoms. The highest BCUT2D eigenvalue weighted by Crippen LogP contribution is 2.61. The number of hydrogen-bond donors (Lipinski definition) is 1. The molecule has 1 unspecified atom stereocenters. The number of nitrogens with one attached hydrogen (secondary N) is 1. The second-order valence-corrected chi connectivity index (χ2v) is 12.0. The molecule has 1 aliphatic heterocycles. The molecule has 9 rings (SSSR count). The van der Waals surface area contributed by atoms with Crippen molar-refractivity contribution in [3.8, 4) is 17.0 Å². The standard InChI is InChI=1S/C33H32N2O2/c1-37-24-8-6-7-23(16-24)30-29(27-11-4-5-12-28(27)34-30)31-25-9-2-3-10-26(25)32(36)35(31)33-17-20-13-21(18-33)15-22(14-20)19-33/h2-12,16,20-22,31,34H,13-15,17-19H2,1H3. The van der Waals surface area contributed by atoms with E-state index in [0.29, 0.717) is 0 Å². The van der Waals surface area contributed by atoms with Crippen LogP contribution in [0.2, 0.25) is 0 Å². The molecule has 0 radical (unpaired) electrons. The number of aromatic nitrogens is 1. The molecule has 37 heavy (non-hydrogen) atoms. The van der Waals surface area contributed by atoms with Crippen molar-refractivity contribution in [3.05, 3.63) is 89.5 Å². The van der Waals surface area contributed by atoms with Gasteiger partial charge in [-0.25, -0.2) is 0 Å². The number of H-pyrrole nitrogens is 1. The molecule has 4 saturated carbocycles. The highest BCUT2D eigenvalue weighted by molar-refractivity contribution is 6.02. The fraction of sp³-hybridized carbons (Fsp3) is 0.364. The zero-order chi connectivity index (χ0) is 24.7. The van der Waals surface area contributed by atoms with E-state index in [1.54, 1.807) is 7.11 Å². The second kappa shape index (κ2) is 7.74. The van der Waals surface area contributed by atoms with E-state index in [9.17, 15) is 4.79 Å². The molecule has 4 aromatic rings. The third kappa shape index (κ3) is 3.05. The Hall–Kier alpha value is -3.53. The van der Waals surface area contributed by atoms with Crippen molar-refractivity contribution in [2.45, 2.75) is 50.1 Å². The Morgan fingerprint density at radius 3 is 2.32 bits per heavy atom. The number of ether oxygens (including phenoxy) is 1. The summed E-state index contributed by atoms with van der Waals surface area (Å²) in [4.78, 5) is 20.5. The first-order valence-corrected chi connectivity index (χ1v) is 13.8. The lowest BCUT2D eigenvalue weighted by molar-refractivity contribution is -0.0805. The van der Waals surface area contributed by atoms with Gasteiger partial charge >= 0.3 is 0 Å². The average molecular weight is 489 g/mol. The maximum atomic E-state index is 14.4. The van der Waals surface area contributed by atoms with Crippen LogP contribution in [0.3, 0.4) is 0 Å². The highest BCUT2D eigenvalue weighted by atomic mass is 16.5. The molecule has 5 aliphatic rings. The quantitative estimate of drug-likeness (QED) is 0.326. The Morgan fingerprint density at radius 1 is 0.865 bits per heavy atom. The molecule has 186 valence electrons. The molecular weight excluding hydrogens is 456 g/mol. The maximum Gasteiger partial charge on any atom is 0.255 e. The monoisotopic (exact) mass is 488 g/mol. The molecule has 3 aromatic carbocycles. The summed E-state index contributed by atoms with van der Waals surface area (Å²) in [6.07, 6.45) is 7.56. The molecule has 2 heterocycles. The molecule has 4 nitrogen and oxygen atoms in total. The number of benzene rings is 3. The normalized spacial score (nSPS) is 29.8. The summed E-state index contributed by atoms with van der Waals surface area (Å²) in [5.74, 6) is 3.37. The van der Waals surface area contributed by atoms with Crippen molar-refractivity contribution in [1.29, 1.82) is 0 Å². The number of fused-ring (bicyclic) bond motifs is 2. The number of aromatic amines is 1. The molecule has 1 atom stereocenters. The van der Waals surface area contributed by atoms with Crippen molar-refractivity contribution in [2.75, 3.05) is 7.11 Å². The third-order valence-corrected chi connectivity index (χ3v) is 9.86. The largest absolute Gasteiger partial charge is 0.497 e. The number of carbonyl (C=O) groups is 1. The van der Waals surface area contributed by atoms with Gasteiger partial charge in [-0.15, -0.1) is 0 Å². The molecule has 4 bridgehead atoms. The number of amides is 1. The van der Waals surface area contributed by atoms with Crippen LogP contribution < -0.4 is 4.74 Å². The van der Waals surface area contributed by atoms with Crippen molar-refractivity contribution < 1.29 is 9.53 Å². The first-order chi connectivity index (χ1) is 18.1. The van der Waals surface area contributed by atoms with Crippen LogP contribution in [0, 0.1) is 17.8 Å². The topological polar surface area (TPSA) is 45.3 Å². The summed E-state index contributed by atoms with van der Waals surface area (Å²) in [5.41, 5.74) is 6.49.